The van der Waals surface area contributed by atoms with Crippen molar-refractivity contribution in [2.45, 2.75) is 116 Å². The van der Waals surface area contributed by atoms with Crippen LogP contribution >= 0.6 is 0 Å². The number of nitrogens with one attached hydrogen (secondary N) is 2. The van der Waals surface area contributed by atoms with Gasteiger partial charge in [0.15, 0.2) is 5.60 Å². The van der Waals surface area contributed by atoms with Crippen LogP contribution in [0.5, 0.6) is 5.75 Å². The van der Waals surface area contributed by atoms with Crippen LogP contribution in [0.2, 0.25) is 0 Å². The van der Waals surface area contributed by atoms with Gasteiger partial charge in [-0.25, -0.2) is 5.43 Å². The van der Waals surface area contributed by atoms with Crippen LogP contribution in [-0.2, 0) is 54.6 Å². The average molecular weight is 958 g/mol. The minimum Gasteiger partial charge on any atom is -0.508 e. The Hall–Kier alpha value is -6.03. The zero-order valence-electron chi connectivity index (χ0n) is 41.9. The third-order valence-corrected chi connectivity index (χ3v) is 15.1. The lowest BCUT2D eigenvalue weighted by atomic mass is 9.84. The van der Waals surface area contributed by atoms with E-state index in [1.807, 2.05) is 12.1 Å². The van der Waals surface area contributed by atoms with Crippen molar-refractivity contribution >= 4 is 40.5 Å². The number of rotatable bonds is 10. The number of cyclic esters (lactones) is 1. The summed E-state index contributed by atoms with van der Waals surface area (Å²) in [5, 5.41) is 28.8. The molecule has 3 fully saturated rings. The zero-order chi connectivity index (χ0) is 50.2. The second-order valence-corrected chi connectivity index (χ2v) is 21.3. The Morgan fingerprint density at radius 2 is 1.74 bits per heavy atom. The molecule has 4 aliphatic rings. The largest absolute Gasteiger partial charge is 0.508 e. The number of aryl methyl sites for hydroxylation is 1. The van der Waals surface area contributed by atoms with E-state index in [4.69, 9.17) is 4.74 Å². The van der Waals surface area contributed by atoms with Gasteiger partial charge in [0.1, 0.15) is 23.9 Å². The van der Waals surface area contributed by atoms with Gasteiger partial charge in [-0.15, -0.1) is 0 Å². The quantitative estimate of drug-likeness (QED) is 0.112. The Morgan fingerprint density at radius 1 is 1.00 bits per heavy atom. The maximum Gasteiger partial charge on any atom is 0.324 e. The molecule has 4 amide bonds. The summed E-state index contributed by atoms with van der Waals surface area (Å²) in [5.74, 6) is -3.51. The number of β-amino-alcohol motifs (C(OH)–C–C–N with tert-alkyl or cyclic N) is 1. The van der Waals surface area contributed by atoms with Gasteiger partial charge >= 0.3 is 5.97 Å². The Kier molecular flexibility index (Phi) is 14.7. The van der Waals surface area contributed by atoms with Crippen molar-refractivity contribution in [3.63, 3.8) is 0 Å². The van der Waals surface area contributed by atoms with Gasteiger partial charge in [-0.1, -0.05) is 76.6 Å². The molecule has 6 bridgehead atoms. The summed E-state index contributed by atoms with van der Waals surface area (Å²) in [7, 11) is 5.63. The lowest BCUT2D eigenvalue weighted by Crippen LogP contribution is -2.63. The first-order chi connectivity index (χ1) is 33.3. The fraction of sp³-hybridized carbons (Fsp3) is 0.509. The third-order valence-electron chi connectivity index (χ3n) is 15.1. The van der Waals surface area contributed by atoms with E-state index >= 15 is 0 Å². The number of carbonyl (C=O) groups excluding carboxylic acids is 5. The molecule has 3 aromatic carbocycles. The van der Waals surface area contributed by atoms with Crippen molar-refractivity contribution in [1.29, 1.82) is 0 Å². The molecule has 1 aromatic heterocycles. The van der Waals surface area contributed by atoms with E-state index in [-0.39, 0.29) is 44.3 Å². The van der Waals surface area contributed by atoms with Gasteiger partial charge in [0.2, 0.25) is 11.8 Å². The lowest BCUT2D eigenvalue weighted by Gasteiger charge is -2.39. The average Bonchev–Trinajstić information content (AvgIpc) is 4.05. The summed E-state index contributed by atoms with van der Waals surface area (Å²) in [6.07, 6.45) is 5.64. The molecule has 70 heavy (non-hydrogen) atoms. The molecule has 1 aliphatic carbocycles. The summed E-state index contributed by atoms with van der Waals surface area (Å²) in [6.45, 7) is 13.3. The molecular formula is C55H71N7O8. The number of benzene rings is 3. The van der Waals surface area contributed by atoms with Gasteiger partial charge in [0.05, 0.1) is 18.8 Å². The third kappa shape index (κ3) is 10.1. The Labute approximate surface area is 411 Å². The molecule has 0 radical (unpaired) electrons. The number of likely N-dealkylation sites (N-methyl/N-ethyl adjacent to an activating group) is 1. The van der Waals surface area contributed by atoms with Crippen molar-refractivity contribution in [3.8, 4) is 28.1 Å². The molecule has 0 spiro atoms. The van der Waals surface area contributed by atoms with Crippen molar-refractivity contribution in [2.75, 3.05) is 47.4 Å². The van der Waals surface area contributed by atoms with Crippen molar-refractivity contribution in [1.82, 2.24) is 35.0 Å². The number of likely N-dealkylation sites (tertiary alicyclic amines) is 1. The lowest BCUT2D eigenvalue weighted by molar-refractivity contribution is -0.159. The first-order valence-electron chi connectivity index (χ1n) is 25.0. The Bertz CT molecular complexity index is 2670. The number of hydrazine groups is 1. The second kappa shape index (κ2) is 20.4. The van der Waals surface area contributed by atoms with Gasteiger partial charge in [0, 0.05) is 67.4 Å². The van der Waals surface area contributed by atoms with Gasteiger partial charge in [0.25, 0.3) is 11.8 Å². The standard InChI is InChI=1S/C55H71N7O8/c1-9-47(64)60-30-34(3)55(69,32-60)53(68)59(8)48(36-16-11-12-17-36)50(65)56-45-26-35-24-39(27-40(63)25-35)37-21-22-46-42(28-37)43(49(61(46)10-2)41-19-14-13-18-38(41)31-58(6)7)29-54(4,5)33-70-52(67)44-20-15-23-62(57-44)51(45)66/h9,13-14,18-19,21-22,24-25,27-28,34,36,44-45,48,57,63,69H,1,10-12,15-17,20,23,26,29-33H2,2-8H3,(H,56,65)/t34-,44-,45-,48-,55?/m0/s1. The zero-order valence-corrected chi connectivity index (χ0v) is 41.9. The summed E-state index contributed by atoms with van der Waals surface area (Å²) in [5.41, 5.74) is 8.43. The molecule has 4 aromatic rings. The number of hydrogen-bond donors (Lipinski definition) is 4. The van der Waals surface area contributed by atoms with E-state index in [9.17, 15) is 34.2 Å². The van der Waals surface area contributed by atoms with Gasteiger partial charge in [-0.2, -0.15) is 0 Å². The summed E-state index contributed by atoms with van der Waals surface area (Å²) < 4.78 is 8.51. The number of nitrogens with zero attached hydrogens (tertiary/aromatic N) is 5. The highest BCUT2D eigenvalue weighted by Crippen LogP contribution is 2.42. The van der Waals surface area contributed by atoms with Crippen LogP contribution in [0.3, 0.4) is 0 Å². The predicted octanol–water partition coefficient (Wildman–Crippen LogP) is 5.82. The molecule has 374 valence electrons. The maximum absolute atomic E-state index is 15.0. The number of phenolic OH excluding ortho intramolecular Hbond substituents is 1. The highest BCUT2D eigenvalue weighted by Gasteiger charge is 2.53. The number of aliphatic hydroxyl groups is 1. The van der Waals surface area contributed by atoms with Crippen molar-refractivity contribution < 1.29 is 38.9 Å². The van der Waals surface area contributed by atoms with Gasteiger partial charge in [-0.3, -0.25) is 29.0 Å². The van der Waals surface area contributed by atoms with Crippen LogP contribution in [0.4, 0.5) is 0 Å². The molecule has 3 aliphatic heterocycles. The SMILES string of the molecule is C=CC(=O)N1C[C@H](C)C(O)(C(=O)N(C)[C@H](C(=O)N[C@H]2Cc3cc(O)cc(c3)-c3ccc4c(c3)c(c(-c3ccccc3CN(C)C)n4CC)CC(C)(C)COC(=O)[C@@H]3CCCN(N3)C2=O)C2CCCC2)C1. The van der Waals surface area contributed by atoms with Gasteiger partial charge < -0.3 is 39.5 Å². The van der Waals surface area contributed by atoms with E-state index < -0.39 is 64.7 Å². The highest BCUT2D eigenvalue weighted by atomic mass is 16.5. The molecule has 15 heteroatoms. The monoisotopic (exact) mass is 958 g/mol. The molecule has 2 saturated heterocycles. The van der Waals surface area contributed by atoms with Crippen molar-refractivity contribution in [3.05, 3.63) is 90.0 Å². The van der Waals surface area contributed by atoms with Crippen LogP contribution in [-0.4, -0.2) is 135 Å². The minimum atomic E-state index is -1.95. The van der Waals surface area contributed by atoms with E-state index in [0.29, 0.717) is 44.2 Å². The second-order valence-electron chi connectivity index (χ2n) is 21.3. The molecule has 1 saturated carbocycles. The minimum absolute atomic E-state index is 0.0127. The molecular weight excluding hydrogens is 887 g/mol. The first-order valence-corrected chi connectivity index (χ1v) is 25.0. The Balaban J connectivity index is 1.21. The summed E-state index contributed by atoms with van der Waals surface area (Å²) in [6, 6.07) is 17.0. The van der Waals surface area contributed by atoms with E-state index in [2.05, 4.69) is 98.1 Å². The summed E-state index contributed by atoms with van der Waals surface area (Å²) >= 11 is 0. The molecule has 5 atom stereocenters. The fourth-order valence-electron chi connectivity index (χ4n) is 11.5. The number of esters is 1. The highest BCUT2D eigenvalue weighted by molar-refractivity contribution is 5.97. The number of aromatic nitrogens is 1. The number of carbonyl (C=O) groups is 5. The first kappa shape index (κ1) is 50.4. The number of fused-ring (bicyclic) bond motifs is 6. The smallest absolute Gasteiger partial charge is 0.324 e. The van der Waals surface area contributed by atoms with Crippen LogP contribution < -0.4 is 10.7 Å². The van der Waals surface area contributed by atoms with E-state index in [1.165, 1.54) is 27.4 Å². The van der Waals surface area contributed by atoms with Crippen LogP contribution in [0.15, 0.2) is 73.3 Å². The Morgan fingerprint density at radius 3 is 2.46 bits per heavy atom. The number of ether oxygens (including phenoxy) is 1. The predicted molar refractivity (Wildman–Crippen MR) is 269 cm³/mol. The van der Waals surface area contributed by atoms with Crippen LogP contribution in [0, 0.1) is 17.3 Å². The number of amides is 4. The normalized spacial score (nSPS) is 23.5. The number of hydrogen-bond acceptors (Lipinski definition) is 10. The topological polar surface area (TPSA) is 177 Å². The van der Waals surface area contributed by atoms with E-state index in [1.54, 1.807) is 19.1 Å². The molecule has 15 nitrogen and oxygen atoms in total. The molecule has 8 rings (SSSR count). The maximum atomic E-state index is 15.0. The molecule has 4 heterocycles. The van der Waals surface area contributed by atoms with Crippen LogP contribution in [0.1, 0.15) is 82.9 Å². The molecule has 1 unspecified atom stereocenters. The van der Waals surface area contributed by atoms with Crippen molar-refractivity contribution in [2.24, 2.45) is 17.3 Å². The summed E-state index contributed by atoms with van der Waals surface area (Å²) in [4.78, 5) is 75.8. The van der Waals surface area contributed by atoms with Crippen LogP contribution in [0.25, 0.3) is 33.3 Å². The number of aromatic hydroxyl groups is 1. The fourth-order valence-corrected chi connectivity index (χ4v) is 11.5. The van der Waals surface area contributed by atoms with Gasteiger partial charge in [-0.05, 0) is 117 Å². The number of phenols is 1. The van der Waals surface area contributed by atoms with E-state index in [0.717, 1.165) is 64.3 Å². The molecule has 4 N–H and O–H groups in total.